The first-order chi connectivity index (χ1) is 12.6. The Morgan fingerprint density at radius 3 is 2.50 bits per heavy atom. The second kappa shape index (κ2) is 8.07. The summed E-state index contributed by atoms with van der Waals surface area (Å²) in [5, 5.41) is 3.22. The first kappa shape index (κ1) is 18.7. The van der Waals surface area contributed by atoms with Crippen molar-refractivity contribution >= 4 is 5.91 Å². The quantitative estimate of drug-likeness (QED) is 0.795. The van der Waals surface area contributed by atoms with E-state index in [0.717, 1.165) is 25.7 Å². The summed E-state index contributed by atoms with van der Waals surface area (Å²) in [7, 11) is 0. The van der Waals surface area contributed by atoms with Gasteiger partial charge in [0.1, 0.15) is 0 Å². The molecular formula is C24H31NO. The zero-order valence-electron chi connectivity index (χ0n) is 16.3. The molecule has 2 nitrogen and oxygen atoms in total. The van der Waals surface area contributed by atoms with Gasteiger partial charge in [-0.25, -0.2) is 0 Å². The van der Waals surface area contributed by atoms with Crippen LogP contribution < -0.4 is 5.32 Å². The number of hydrogen-bond acceptors (Lipinski definition) is 1. The summed E-state index contributed by atoms with van der Waals surface area (Å²) in [5.41, 5.74) is 5.78. The molecule has 138 valence electrons. The van der Waals surface area contributed by atoms with Crippen LogP contribution in [0.1, 0.15) is 68.7 Å². The second-order valence-corrected chi connectivity index (χ2v) is 7.94. The lowest BCUT2D eigenvalue weighted by molar-refractivity contribution is -0.125. The molecule has 1 saturated heterocycles. The normalized spacial score (nSPS) is 23.8. The number of aryl methyl sites for hydroxylation is 1. The second-order valence-electron chi connectivity index (χ2n) is 7.94. The molecule has 26 heavy (non-hydrogen) atoms. The van der Waals surface area contributed by atoms with E-state index in [-0.39, 0.29) is 11.3 Å². The van der Waals surface area contributed by atoms with Crippen LogP contribution in [0.2, 0.25) is 0 Å². The SMILES string of the molecule is CC12CCC(=O)NC1CCc1cc(Cc3ccccc3)ccc12.CCC. The Kier molecular flexibility index (Phi) is 5.80. The molecule has 0 saturated carbocycles. The molecule has 0 aromatic heterocycles. The summed E-state index contributed by atoms with van der Waals surface area (Å²) in [6.45, 7) is 6.58. The predicted molar refractivity (Wildman–Crippen MR) is 108 cm³/mol. The third-order valence-electron chi connectivity index (χ3n) is 5.71. The monoisotopic (exact) mass is 349 g/mol. The van der Waals surface area contributed by atoms with E-state index in [1.165, 1.54) is 28.7 Å². The minimum atomic E-state index is 0.104. The highest BCUT2D eigenvalue weighted by Crippen LogP contribution is 2.43. The lowest BCUT2D eigenvalue weighted by atomic mass is 9.64. The van der Waals surface area contributed by atoms with Gasteiger partial charge in [0.05, 0.1) is 0 Å². The highest BCUT2D eigenvalue weighted by molar-refractivity contribution is 5.78. The van der Waals surface area contributed by atoms with Crippen molar-refractivity contribution in [1.82, 2.24) is 5.32 Å². The third kappa shape index (κ3) is 3.85. The zero-order valence-corrected chi connectivity index (χ0v) is 16.3. The Morgan fingerprint density at radius 1 is 1.04 bits per heavy atom. The van der Waals surface area contributed by atoms with E-state index in [0.29, 0.717) is 12.5 Å². The Labute approximate surface area is 158 Å². The largest absolute Gasteiger partial charge is 0.352 e. The lowest BCUT2D eigenvalue weighted by Gasteiger charge is -2.46. The van der Waals surface area contributed by atoms with E-state index in [1.54, 1.807) is 0 Å². The van der Waals surface area contributed by atoms with Crippen molar-refractivity contribution in [3.05, 3.63) is 70.8 Å². The van der Waals surface area contributed by atoms with E-state index in [2.05, 4.69) is 74.6 Å². The maximum absolute atomic E-state index is 11.7. The van der Waals surface area contributed by atoms with Gasteiger partial charge in [0.25, 0.3) is 0 Å². The molecule has 1 aliphatic carbocycles. The molecule has 2 unspecified atom stereocenters. The standard InChI is InChI=1S/C21H23NO.C3H8/c1-21-12-11-20(23)22-19(21)10-8-17-14-16(7-9-18(17)21)13-15-5-3-2-4-6-15;1-3-2/h2-7,9,14,19H,8,10-13H2,1H3,(H,22,23);3H2,1-2H3. The van der Waals surface area contributed by atoms with E-state index in [9.17, 15) is 4.79 Å². The van der Waals surface area contributed by atoms with Crippen LogP contribution in [-0.2, 0) is 23.1 Å². The molecule has 4 rings (SSSR count). The Hall–Kier alpha value is -2.09. The molecule has 1 heterocycles. The van der Waals surface area contributed by atoms with Crippen molar-refractivity contribution in [2.24, 2.45) is 0 Å². The van der Waals surface area contributed by atoms with Crippen molar-refractivity contribution in [1.29, 1.82) is 0 Å². The minimum absolute atomic E-state index is 0.104. The van der Waals surface area contributed by atoms with Crippen LogP contribution in [-0.4, -0.2) is 11.9 Å². The fraction of sp³-hybridized carbons (Fsp3) is 0.458. The smallest absolute Gasteiger partial charge is 0.220 e. The van der Waals surface area contributed by atoms with Crippen LogP contribution in [0.15, 0.2) is 48.5 Å². The first-order valence-electron chi connectivity index (χ1n) is 10.0. The highest BCUT2D eigenvalue weighted by Gasteiger charge is 2.43. The van der Waals surface area contributed by atoms with Gasteiger partial charge < -0.3 is 5.32 Å². The van der Waals surface area contributed by atoms with Gasteiger partial charge in [0.15, 0.2) is 0 Å². The zero-order chi connectivity index (χ0) is 18.6. The van der Waals surface area contributed by atoms with Gasteiger partial charge in [0, 0.05) is 17.9 Å². The molecule has 2 aliphatic rings. The molecule has 0 radical (unpaired) electrons. The number of benzene rings is 2. The molecule has 2 heteroatoms. The summed E-state index contributed by atoms with van der Waals surface area (Å²) in [4.78, 5) is 11.7. The van der Waals surface area contributed by atoms with Gasteiger partial charge in [0.2, 0.25) is 5.91 Å². The molecule has 1 amide bonds. The topological polar surface area (TPSA) is 29.1 Å². The van der Waals surface area contributed by atoms with Crippen LogP contribution in [0.3, 0.4) is 0 Å². The number of fused-ring (bicyclic) bond motifs is 3. The number of hydrogen-bond donors (Lipinski definition) is 1. The lowest BCUT2D eigenvalue weighted by Crippen LogP contribution is -2.55. The summed E-state index contributed by atoms with van der Waals surface area (Å²) in [6, 6.07) is 17.9. The Bertz CT molecular complexity index is 752. The Morgan fingerprint density at radius 2 is 1.77 bits per heavy atom. The maximum atomic E-state index is 11.7. The van der Waals surface area contributed by atoms with E-state index < -0.39 is 0 Å². The van der Waals surface area contributed by atoms with Gasteiger partial charge in [-0.05, 0) is 47.9 Å². The van der Waals surface area contributed by atoms with Gasteiger partial charge >= 0.3 is 0 Å². The van der Waals surface area contributed by atoms with Crippen molar-refractivity contribution in [3.8, 4) is 0 Å². The van der Waals surface area contributed by atoms with E-state index in [1.807, 2.05) is 0 Å². The van der Waals surface area contributed by atoms with Gasteiger partial charge in [-0.3, -0.25) is 4.79 Å². The molecular weight excluding hydrogens is 318 g/mol. The highest BCUT2D eigenvalue weighted by atomic mass is 16.1. The number of rotatable bonds is 2. The number of amides is 1. The summed E-state index contributed by atoms with van der Waals surface area (Å²) in [5.74, 6) is 0.219. The number of carbonyl (C=O) groups is 1. The predicted octanol–water partition coefficient (Wildman–Crippen LogP) is 5.18. The number of nitrogens with one attached hydrogen (secondary N) is 1. The molecule has 1 fully saturated rings. The molecule has 0 spiro atoms. The van der Waals surface area contributed by atoms with Crippen molar-refractivity contribution < 1.29 is 4.79 Å². The Balaban J connectivity index is 0.000000613. The molecule has 0 bridgehead atoms. The first-order valence-corrected chi connectivity index (χ1v) is 10.0. The third-order valence-corrected chi connectivity index (χ3v) is 5.71. The van der Waals surface area contributed by atoms with Crippen molar-refractivity contribution in [3.63, 3.8) is 0 Å². The van der Waals surface area contributed by atoms with E-state index in [4.69, 9.17) is 0 Å². The maximum Gasteiger partial charge on any atom is 0.220 e. The molecule has 1 N–H and O–H groups in total. The van der Waals surface area contributed by atoms with Gasteiger partial charge in [-0.1, -0.05) is 75.7 Å². The average Bonchev–Trinajstić information content (AvgIpc) is 2.64. The number of carbonyl (C=O) groups excluding carboxylic acids is 1. The average molecular weight is 350 g/mol. The van der Waals surface area contributed by atoms with Gasteiger partial charge in [-0.2, -0.15) is 0 Å². The summed E-state index contributed by atoms with van der Waals surface area (Å²) < 4.78 is 0. The van der Waals surface area contributed by atoms with Crippen LogP contribution in [0.5, 0.6) is 0 Å². The van der Waals surface area contributed by atoms with Crippen LogP contribution in [0, 0.1) is 0 Å². The van der Waals surface area contributed by atoms with Crippen LogP contribution in [0.25, 0.3) is 0 Å². The number of piperidine rings is 1. The van der Waals surface area contributed by atoms with Crippen molar-refractivity contribution in [2.75, 3.05) is 0 Å². The van der Waals surface area contributed by atoms with Gasteiger partial charge in [-0.15, -0.1) is 0 Å². The molecule has 2 aromatic rings. The minimum Gasteiger partial charge on any atom is -0.352 e. The fourth-order valence-electron chi connectivity index (χ4n) is 4.34. The molecule has 1 aliphatic heterocycles. The van der Waals surface area contributed by atoms with E-state index >= 15 is 0 Å². The fourth-order valence-corrected chi connectivity index (χ4v) is 4.34. The molecule has 2 aromatic carbocycles. The summed E-state index contributed by atoms with van der Waals surface area (Å²) >= 11 is 0. The summed E-state index contributed by atoms with van der Waals surface area (Å²) in [6.07, 6.45) is 5.99. The van der Waals surface area contributed by atoms with Crippen molar-refractivity contribution in [2.45, 2.75) is 70.8 Å². The van der Waals surface area contributed by atoms with Crippen LogP contribution in [0.4, 0.5) is 0 Å². The van der Waals surface area contributed by atoms with Crippen LogP contribution >= 0.6 is 0 Å². The molecule has 2 atom stereocenters.